The van der Waals surface area contributed by atoms with E-state index < -0.39 is 0 Å². The minimum Gasteiger partial charge on any atom is -0.350 e. The first-order valence-electron chi connectivity index (χ1n) is 10.2. The lowest BCUT2D eigenvalue weighted by Gasteiger charge is -2.24. The molecule has 4 rings (SSSR count). The maximum absolute atomic E-state index is 12.5. The molecule has 4 heteroatoms. The molecule has 0 spiro atoms. The number of amides is 1. The summed E-state index contributed by atoms with van der Waals surface area (Å²) in [6.07, 6.45) is 5.81. The first-order valence-corrected chi connectivity index (χ1v) is 10.2. The highest BCUT2D eigenvalue weighted by atomic mass is 16.1. The van der Waals surface area contributed by atoms with Crippen LogP contribution in [-0.2, 0) is 25.8 Å². The fourth-order valence-corrected chi connectivity index (χ4v) is 3.91. The number of hydrogen-bond donors (Lipinski definition) is 1. The number of hydrogen-bond acceptors (Lipinski definition) is 2. The van der Waals surface area contributed by atoms with Crippen LogP contribution in [0.2, 0.25) is 0 Å². The maximum Gasteiger partial charge on any atom is 0.271 e. The van der Waals surface area contributed by atoms with E-state index in [1.54, 1.807) is 0 Å². The Labute approximate surface area is 166 Å². The third-order valence-corrected chi connectivity index (χ3v) is 5.63. The van der Waals surface area contributed by atoms with E-state index >= 15 is 0 Å². The molecule has 1 N–H and O–H groups in total. The van der Waals surface area contributed by atoms with Crippen molar-refractivity contribution < 1.29 is 4.79 Å². The molecule has 0 radical (unpaired) electrons. The van der Waals surface area contributed by atoms with Crippen LogP contribution >= 0.6 is 0 Å². The Morgan fingerprint density at radius 3 is 2.64 bits per heavy atom. The average Bonchev–Trinajstić information content (AvgIpc) is 3.18. The van der Waals surface area contributed by atoms with Crippen LogP contribution in [0.3, 0.4) is 0 Å². The van der Waals surface area contributed by atoms with E-state index in [9.17, 15) is 4.79 Å². The van der Waals surface area contributed by atoms with Crippen LogP contribution in [0.5, 0.6) is 0 Å². The molecule has 1 atom stereocenters. The van der Waals surface area contributed by atoms with Crippen molar-refractivity contribution in [3.8, 4) is 0 Å². The van der Waals surface area contributed by atoms with E-state index in [-0.39, 0.29) is 5.91 Å². The summed E-state index contributed by atoms with van der Waals surface area (Å²) < 4.78 is 2.16. The number of benzene rings is 2. The zero-order valence-electron chi connectivity index (χ0n) is 16.4. The lowest BCUT2D eigenvalue weighted by Crippen LogP contribution is -2.26. The van der Waals surface area contributed by atoms with Gasteiger partial charge in [0.05, 0.1) is 0 Å². The van der Waals surface area contributed by atoms with Crippen molar-refractivity contribution in [2.75, 3.05) is 6.54 Å². The van der Waals surface area contributed by atoms with Crippen molar-refractivity contribution in [2.24, 2.45) is 0 Å². The van der Waals surface area contributed by atoms with Crippen molar-refractivity contribution in [2.45, 2.75) is 45.1 Å². The lowest BCUT2D eigenvalue weighted by molar-refractivity contribution is 0.0949. The fraction of sp³-hybridized carbons (Fsp3) is 0.333. The minimum atomic E-state index is -0.0818. The number of fused-ring (bicyclic) bond motifs is 1. The highest BCUT2D eigenvalue weighted by Gasteiger charge is 2.23. The normalized spacial score (nSPS) is 15.8. The molecular formula is C24H27N3O. The van der Waals surface area contributed by atoms with Gasteiger partial charge in [0.25, 0.3) is 5.91 Å². The van der Waals surface area contributed by atoms with Gasteiger partial charge < -0.3 is 9.88 Å². The summed E-state index contributed by atoms with van der Waals surface area (Å²) in [4.78, 5) is 17.1. The van der Waals surface area contributed by atoms with Crippen LogP contribution in [-0.4, -0.2) is 22.0 Å². The van der Waals surface area contributed by atoms with Crippen molar-refractivity contribution in [3.05, 3.63) is 89.0 Å². The largest absolute Gasteiger partial charge is 0.350 e. The van der Waals surface area contributed by atoms with Crippen LogP contribution in [0, 0.1) is 0 Å². The molecule has 4 nitrogen and oxygen atoms in total. The molecule has 2 aromatic carbocycles. The van der Waals surface area contributed by atoms with Gasteiger partial charge in [-0.05, 0) is 36.0 Å². The number of carbonyl (C=O) groups excluding carboxylic acids is 1. The fourth-order valence-electron chi connectivity index (χ4n) is 3.91. The quantitative estimate of drug-likeness (QED) is 0.706. The zero-order valence-corrected chi connectivity index (χ0v) is 16.4. The zero-order chi connectivity index (χ0) is 19.3. The molecule has 3 aromatic rings. The highest BCUT2D eigenvalue weighted by molar-refractivity contribution is 5.92. The van der Waals surface area contributed by atoms with Crippen LogP contribution < -0.4 is 5.32 Å². The summed E-state index contributed by atoms with van der Waals surface area (Å²) >= 11 is 0. The highest BCUT2D eigenvalue weighted by Crippen LogP contribution is 2.29. The van der Waals surface area contributed by atoms with Crippen molar-refractivity contribution in [3.63, 3.8) is 0 Å². The first-order chi connectivity index (χ1) is 13.7. The number of aromatic nitrogens is 2. The van der Waals surface area contributed by atoms with Crippen molar-refractivity contribution in [1.29, 1.82) is 0 Å². The summed E-state index contributed by atoms with van der Waals surface area (Å²) in [5.74, 6) is 1.43. The third-order valence-electron chi connectivity index (χ3n) is 5.63. The van der Waals surface area contributed by atoms with E-state index in [2.05, 4.69) is 58.2 Å². The molecule has 0 bridgehead atoms. The van der Waals surface area contributed by atoms with Gasteiger partial charge >= 0.3 is 0 Å². The topological polar surface area (TPSA) is 46.9 Å². The number of imidazole rings is 1. The number of nitrogens with one attached hydrogen (secondary N) is 1. The molecule has 2 heterocycles. The summed E-state index contributed by atoms with van der Waals surface area (Å²) in [5.41, 5.74) is 4.51. The lowest BCUT2D eigenvalue weighted by atomic mass is 9.91. The van der Waals surface area contributed by atoms with Crippen LogP contribution in [0.15, 0.2) is 60.8 Å². The van der Waals surface area contributed by atoms with Gasteiger partial charge in [-0.2, -0.15) is 0 Å². The summed E-state index contributed by atoms with van der Waals surface area (Å²) in [7, 11) is 0. The Kier molecular flexibility index (Phi) is 5.56. The van der Waals surface area contributed by atoms with Gasteiger partial charge in [-0.25, -0.2) is 4.98 Å². The molecule has 144 valence electrons. The van der Waals surface area contributed by atoms with Gasteiger partial charge in [-0.15, -0.1) is 0 Å². The molecule has 1 unspecified atom stereocenters. The summed E-state index contributed by atoms with van der Waals surface area (Å²) in [6.45, 7) is 3.70. The van der Waals surface area contributed by atoms with Crippen molar-refractivity contribution >= 4 is 5.91 Å². The van der Waals surface area contributed by atoms with E-state index in [0.29, 0.717) is 18.2 Å². The smallest absolute Gasteiger partial charge is 0.271 e. The Bertz CT molecular complexity index is 928. The molecule has 1 aliphatic rings. The van der Waals surface area contributed by atoms with E-state index in [1.807, 2.05) is 24.4 Å². The Morgan fingerprint density at radius 2 is 1.89 bits per heavy atom. The maximum atomic E-state index is 12.5. The molecule has 1 aromatic heterocycles. The first kappa shape index (κ1) is 18.5. The van der Waals surface area contributed by atoms with Gasteiger partial charge in [0.2, 0.25) is 0 Å². The van der Waals surface area contributed by atoms with Gasteiger partial charge in [-0.1, -0.05) is 61.5 Å². The number of carbonyl (C=O) groups is 1. The minimum absolute atomic E-state index is 0.0818. The van der Waals surface area contributed by atoms with E-state index in [0.717, 1.165) is 38.1 Å². The second-order valence-corrected chi connectivity index (χ2v) is 7.52. The molecule has 0 fully saturated rings. The van der Waals surface area contributed by atoms with Gasteiger partial charge in [0, 0.05) is 31.6 Å². The summed E-state index contributed by atoms with van der Waals surface area (Å²) in [6, 6.07) is 19.2. The Hall–Kier alpha value is -2.88. The van der Waals surface area contributed by atoms with Crippen LogP contribution in [0.1, 0.15) is 52.3 Å². The molecule has 28 heavy (non-hydrogen) atoms. The van der Waals surface area contributed by atoms with Gasteiger partial charge in [-0.3, -0.25) is 4.79 Å². The molecule has 0 saturated heterocycles. The summed E-state index contributed by atoms with van der Waals surface area (Å²) in [5, 5.41) is 3.00. The monoisotopic (exact) mass is 373 g/mol. The van der Waals surface area contributed by atoms with E-state index in [1.165, 1.54) is 16.7 Å². The molecule has 1 aliphatic heterocycles. The predicted molar refractivity (Wildman–Crippen MR) is 112 cm³/mol. The van der Waals surface area contributed by atoms with Crippen LogP contribution in [0.25, 0.3) is 0 Å². The number of nitrogens with zero attached hydrogens (tertiary/aromatic N) is 2. The van der Waals surface area contributed by atoms with E-state index in [4.69, 9.17) is 0 Å². The molecule has 0 saturated carbocycles. The van der Waals surface area contributed by atoms with Crippen LogP contribution in [0.4, 0.5) is 0 Å². The standard InChI is InChI=1S/C24H27N3O/c1-2-18-8-10-20(11-9-18)21-12-13-23-26-22(17-27(23)16-21)24(28)25-15-14-19-6-4-3-5-7-19/h3-11,17,21H,2,12-16H2,1H3,(H,25,28). The number of rotatable bonds is 6. The second kappa shape index (κ2) is 8.42. The number of aryl methyl sites for hydroxylation is 2. The molecule has 0 aliphatic carbocycles. The SMILES string of the molecule is CCc1ccc(C2CCc3nc(C(=O)NCCc4ccccc4)cn3C2)cc1. The van der Waals surface area contributed by atoms with Gasteiger partial charge in [0.15, 0.2) is 0 Å². The third kappa shape index (κ3) is 4.16. The predicted octanol–water partition coefficient (Wildman–Crippen LogP) is 4.15. The Morgan fingerprint density at radius 1 is 1.11 bits per heavy atom. The average molecular weight is 374 g/mol. The van der Waals surface area contributed by atoms with Crippen molar-refractivity contribution in [1.82, 2.24) is 14.9 Å². The second-order valence-electron chi connectivity index (χ2n) is 7.52. The molecular weight excluding hydrogens is 346 g/mol. The molecule has 1 amide bonds. The van der Waals surface area contributed by atoms with Gasteiger partial charge in [0.1, 0.15) is 11.5 Å². The Balaban J connectivity index is 1.37.